The van der Waals surface area contributed by atoms with Gasteiger partial charge in [-0.15, -0.1) is 5.10 Å². The summed E-state index contributed by atoms with van der Waals surface area (Å²) < 4.78 is 6.92. The Hall–Kier alpha value is -2.41. The number of hydrogen-bond donors (Lipinski definition) is 2. The summed E-state index contributed by atoms with van der Waals surface area (Å²) in [6, 6.07) is 7.08. The summed E-state index contributed by atoms with van der Waals surface area (Å²) in [5.74, 6) is -0.0684. The highest BCUT2D eigenvalue weighted by Crippen LogP contribution is 2.24. The number of aliphatic carboxylic acids is 1. The molecular weight excluding hydrogens is 272 g/mol. The number of methoxy groups -OCH3 is 1. The summed E-state index contributed by atoms with van der Waals surface area (Å²) in [4.78, 5) is 11.0. The fourth-order valence-corrected chi connectivity index (χ4v) is 2.48. The molecule has 1 saturated heterocycles. The van der Waals surface area contributed by atoms with Crippen molar-refractivity contribution in [1.82, 2.24) is 20.3 Å². The van der Waals surface area contributed by atoms with E-state index < -0.39 is 12.0 Å². The van der Waals surface area contributed by atoms with Crippen molar-refractivity contribution < 1.29 is 14.6 Å². The molecule has 21 heavy (non-hydrogen) atoms. The van der Waals surface area contributed by atoms with Crippen LogP contribution in [0.1, 0.15) is 12.5 Å². The van der Waals surface area contributed by atoms with E-state index in [4.69, 9.17) is 9.84 Å². The van der Waals surface area contributed by atoms with Gasteiger partial charge in [-0.05, 0) is 18.6 Å². The molecule has 2 heterocycles. The van der Waals surface area contributed by atoms with Crippen molar-refractivity contribution in [2.24, 2.45) is 0 Å². The molecule has 0 radical (unpaired) electrons. The average molecular weight is 288 g/mol. The van der Waals surface area contributed by atoms with Crippen LogP contribution in [-0.4, -0.2) is 45.8 Å². The fourth-order valence-electron chi connectivity index (χ4n) is 2.48. The summed E-state index contributed by atoms with van der Waals surface area (Å²) in [7, 11) is 1.62. The Labute approximate surface area is 121 Å². The van der Waals surface area contributed by atoms with Crippen LogP contribution in [0, 0.1) is 0 Å². The molecule has 3 rings (SSSR count). The first-order chi connectivity index (χ1) is 10.2. The van der Waals surface area contributed by atoms with Gasteiger partial charge in [0.05, 0.1) is 19.3 Å². The maximum absolute atomic E-state index is 11.0. The van der Waals surface area contributed by atoms with E-state index in [9.17, 15) is 4.79 Å². The first-order valence-electron chi connectivity index (χ1n) is 6.70. The van der Waals surface area contributed by atoms with Crippen molar-refractivity contribution in [1.29, 1.82) is 0 Å². The molecule has 1 aromatic carbocycles. The van der Waals surface area contributed by atoms with E-state index in [1.165, 1.54) is 0 Å². The van der Waals surface area contributed by atoms with E-state index in [1.54, 1.807) is 11.8 Å². The van der Waals surface area contributed by atoms with Crippen molar-refractivity contribution in [3.8, 4) is 17.0 Å². The Morgan fingerprint density at radius 3 is 3.10 bits per heavy atom. The number of rotatable bonds is 4. The largest absolute Gasteiger partial charge is 0.497 e. The third-order valence-corrected chi connectivity index (χ3v) is 3.66. The molecular formula is C14H16N4O3. The third kappa shape index (κ3) is 2.73. The van der Waals surface area contributed by atoms with Crippen molar-refractivity contribution in [2.75, 3.05) is 13.7 Å². The van der Waals surface area contributed by atoms with Gasteiger partial charge in [0, 0.05) is 12.1 Å². The zero-order chi connectivity index (χ0) is 14.8. The van der Waals surface area contributed by atoms with Gasteiger partial charge in [0.1, 0.15) is 17.5 Å². The number of benzene rings is 1. The monoisotopic (exact) mass is 288 g/mol. The van der Waals surface area contributed by atoms with Crippen molar-refractivity contribution in [3.05, 3.63) is 30.5 Å². The second-order valence-electron chi connectivity index (χ2n) is 5.00. The summed E-state index contributed by atoms with van der Waals surface area (Å²) >= 11 is 0. The van der Waals surface area contributed by atoms with Crippen molar-refractivity contribution >= 4 is 5.97 Å². The maximum Gasteiger partial charge on any atom is 0.320 e. The quantitative estimate of drug-likeness (QED) is 0.870. The predicted molar refractivity (Wildman–Crippen MR) is 75.1 cm³/mol. The topological polar surface area (TPSA) is 89.3 Å². The van der Waals surface area contributed by atoms with Gasteiger partial charge < -0.3 is 15.2 Å². The molecule has 2 atom stereocenters. The maximum atomic E-state index is 11.0. The summed E-state index contributed by atoms with van der Waals surface area (Å²) in [6.07, 6.45) is 2.35. The van der Waals surface area contributed by atoms with Gasteiger partial charge in [-0.2, -0.15) is 0 Å². The Kier molecular flexibility index (Phi) is 3.57. The summed E-state index contributed by atoms with van der Waals surface area (Å²) in [5.41, 5.74) is 1.66. The highest BCUT2D eigenvalue weighted by atomic mass is 16.5. The predicted octanol–water partition coefficient (Wildman–Crippen LogP) is 0.941. The Bertz CT molecular complexity index is 655. The van der Waals surface area contributed by atoms with Gasteiger partial charge in [-0.1, -0.05) is 17.3 Å². The molecule has 2 N–H and O–H groups in total. The molecule has 7 nitrogen and oxygen atoms in total. The zero-order valence-electron chi connectivity index (χ0n) is 11.6. The van der Waals surface area contributed by atoms with Gasteiger partial charge in [0.15, 0.2) is 0 Å². The number of hydrogen-bond acceptors (Lipinski definition) is 5. The van der Waals surface area contributed by atoms with E-state index in [-0.39, 0.29) is 6.04 Å². The van der Waals surface area contributed by atoms with Crippen molar-refractivity contribution in [2.45, 2.75) is 18.5 Å². The summed E-state index contributed by atoms with van der Waals surface area (Å²) in [5, 5.41) is 20.2. The number of carbonyl (C=O) groups is 1. The van der Waals surface area contributed by atoms with Gasteiger partial charge in [-0.25, -0.2) is 4.68 Å². The number of ether oxygens (including phenoxy) is 1. The zero-order valence-corrected chi connectivity index (χ0v) is 11.6. The molecule has 2 aromatic rings. The minimum Gasteiger partial charge on any atom is -0.497 e. The standard InChI is InChI=1S/C14H16N4O3/c1-21-11-4-2-3-9(5-11)13-8-18(17-16-13)10-6-12(14(19)20)15-7-10/h2-5,8,10,12,15H,6-7H2,1H3,(H,19,20)/t10-,12-/m0/s1. The molecule has 1 fully saturated rings. The van der Waals surface area contributed by atoms with E-state index in [1.807, 2.05) is 30.5 Å². The van der Waals surface area contributed by atoms with Gasteiger partial charge in [0.2, 0.25) is 0 Å². The normalized spacial score (nSPS) is 21.4. The van der Waals surface area contributed by atoms with E-state index in [2.05, 4.69) is 15.6 Å². The lowest BCUT2D eigenvalue weighted by molar-refractivity contribution is -0.139. The fraction of sp³-hybridized carbons (Fsp3) is 0.357. The molecule has 0 aliphatic carbocycles. The Balaban J connectivity index is 1.79. The Morgan fingerprint density at radius 2 is 2.38 bits per heavy atom. The van der Waals surface area contributed by atoms with Crippen LogP contribution in [0.3, 0.4) is 0 Å². The number of nitrogens with zero attached hydrogens (tertiary/aromatic N) is 3. The van der Waals surface area contributed by atoms with E-state index >= 15 is 0 Å². The SMILES string of the molecule is COc1cccc(-c2cn([C@@H]3CN[C@H](C(=O)O)C3)nn2)c1. The van der Waals surface area contributed by atoms with Crippen LogP contribution in [0.2, 0.25) is 0 Å². The molecule has 0 bridgehead atoms. The molecule has 110 valence electrons. The molecule has 0 amide bonds. The molecule has 1 aliphatic rings. The highest BCUT2D eigenvalue weighted by molar-refractivity contribution is 5.73. The van der Waals surface area contributed by atoms with Crippen LogP contribution < -0.4 is 10.1 Å². The minimum absolute atomic E-state index is 0.0120. The first kappa shape index (κ1) is 13.6. The van der Waals surface area contributed by atoms with Crippen LogP contribution in [0.4, 0.5) is 0 Å². The highest BCUT2D eigenvalue weighted by Gasteiger charge is 2.30. The number of nitrogens with one attached hydrogen (secondary N) is 1. The van der Waals surface area contributed by atoms with Crippen LogP contribution in [0.25, 0.3) is 11.3 Å². The van der Waals surface area contributed by atoms with Crippen molar-refractivity contribution in [3.63, 3.8) is 0 Å². The van der Waals surface area contributed by atoms with Crippen LogP contribution in [0.5, 0.6) is 5.75 Å². The number of carboxylic acids is 1. The van der Waals surface area contributed by atoms with Crippen LogP contribution in [-0.2, 0) is 4.79 Å². The van der Waals surface area contributed by atoms with Crippen LogP contribution in [0.15, 0.2) is 30.5 Å². The lowest BCUT2D eigenvalue weighted by atomic mass is 10.1. The lowest BCUT2D eigenvalue weighted by Gasteiger charge is -2.07. The van der Waals surface area contributed by atoms with Gasteiger partial charge in [0.25, 0.3) is 0 Å². The molecule has 1 aliphatic heterocycles. The van der Waals surface area contributed by atoms with Crippen LogP contribution >= 0.6 is 0 Å². The average Bonchev–Trinajstić information content (AvgIpc) is 3.16. The smallest absolute Gasteiger partial charge is 0.320 e. The second-order valence-corrected chi connectivity index (χ2v) is 5.00. The molecule has 7 heteroatoms. The number of aromatic nitrogens is 3. The molecule has 1 aromatic heterocycles. The number of carboxylic acid groups (broad SMARTS) is 1. The Morgan fingerprint density at radius 1 is 1.52 bits per heavy atom. The van der Waals surface area contributed by atoms with E-state index in [0.717, 1.165) is 17.0 Å². The molecule has 0 saturated carbocycles. The second kappa shape index (κ2) is 5.53. The third-order valence-electron chi connectivity index (χ3n) is 3.66. The minimum atomic E-state index is -0.828. The first-order valence-corrected chi connectivity index (χ1v) is 6.70. The molecule has 0 spiro atoms. The molecule has 0 unspecified atom stereocenters. The van der Waals surface area contributed by atoms with E-state index in [0.29, 0.717) is 13.0 Å². The van der Waals surface area contributed by atoms with Gasteiger partial charge >= 0.3 is 5.97 Å². The van der Waals surface area contributed by atoms with Gasteiger partial charge in [-0.3, -0.25) is 4.79 Å². The summed E-state index contributed by atoms with van der Waals surface area (Å²) in [6.45, 7) is 0.581. The lowest BCUT2D eigenvalue weighted by Crippen LogP contribution is -2.29.